The largest absolute Gasteiger partial charge is 0.497 e. The molecule has 0 aliphatic carbocycles. The van der Waals surface area contributed by atoms with Crippen molar-refractivity contribution in [3.8, 4) is 17.1 Å². The van der Waals surface area contributed by atoms with E-state index < -0.39 is 17.9 Å². The summed E-state index contributed by atoms with van der Waals surface area (Å²) in [6.07, 6.45) is 1.12. The van der Waals surface area contributed by atoms with Crippen LogP contribution < -0.4 is 4.74 Å². The van der Waals surface area contributed by atoms with Crippen molar-refractivity contribution in [1.82, 2.24) is 4.90 Å². The fraction of sp³-hybridized carbons (Fsp3) is 0.400. The van der Waals surface area contributed by atoms with Gasteiger partial charge in [0, 0.05) is 29.7 Å². The molecule has 0 unspecified atom stereocenters. The number of nitrogens with zero attached hydrogens (tertiary/aromatic N) is 1. The van der Waals surface area contributed by atoms with E-state index >= 15 is 0 Å². The number of rotatable bonds is 11. The molecule has 0 atom stereocenters. The molecule has 0 spiro atoms. The Morgan fingerprint density at radius 3 is 2.18 bits per heavy atom. The van der Waals surface area contributed by atoms with Crippen molar-refractivity contribution in [3.63, 3.8) is 0 Å². The number of carboxylic acids is 2. The van der Waals surface area contributed by atoms with Crippen molar-refractivity contribution in [3.05, 3.63) is 54.3 Å². The smallest absolute Gasteiger partial charge is 0.374 e. The normalized spacial score (nSPS) is 11.1. The molecule has 0 radical (unpaired) electrons. The Bertz CT molecular complexity index is 957. The van der Waals surface area contributed by atoms with Crippen LogP contribution in [0.4, 0.5) is 0 Å². The number of methoxy groups -OCH3 is 1. The average molecular weight is 476 g/mol. The number of furan rings is 1. The number of carboxylic acid groups (broad SMARTS) is 2. The van der Waals surface area contributed by atoms with Gasteiger partial charge in [-0.25, -0.2) is 14.4 Å². The third-order valence-electron chi connectivity index (χ3n) is 4.67. The summed E-state index contributed by atoms with van der Waals surface area (Å²) >= 11 is 0. The molecule has 0 fully saturated rings. The van der Waals surface area contributed by atoms with E-state index in [0.29, 0.717) is 24.5 Å². The highest BCUT2D eigenvalue weighted by Gasteiger charge is 2.24. The lowest BCUT2D eigenvalue weighted by Gasteiger charge is -2.30. The molecule has 1 heterocycles. The lowest BCUT2D eigenvalue weighted by Crippen LogP contribution is -2.37. The quantitative estimate of drug-likeness (QED) is 0.363. The van der Waals surface area contributed by atoms with Crippen LogP contribution in [0.5, 0.6) is 5.75 Å². The van der Waals surface area contributed by atoms with Crippen molar-refractivity contribution in [2.75, 3.05) is 33.4 Å². The maximum Gasteiger partial charge on any atom is 0.374 e. The average Bonchev–Trinajstić information content (AvgIpc) is 3.31. The fourth-order valence-corrected chi connectivity index (χ4v) is 2.95. The second-order valence-corrected chi connectivity index (χ2v) is 8.11. The number of carbonyl (C=O) groups excluding carboxylic acids is 1. The molecule has 2 aromatic rings. The van der Waals surface area contributed by atoms with Crippen LogP contribution in [0.1, 0.15) is 38.2 Å². The maximum absolute atomic E-state index is 12.3. The molecule has 2 rings (SSSR count). The zero-order valence-electron chi connectivity index (χ0n) is 20.2. The number of hydrogen-bond donors (Lipinski definition) is 2. The van der Waals surface area contributed by atoms with Crippen LogP contribution in [0, 0.1) is 5.41 Å². The molecule has 0 amide bonds. The van der Waals surface area contributed by atoms with E-state index in [1.165, 1.54) is 0 Å². The number of carbonyl (C=O) groups is 3. The van der Waals surface area contributed by atoms with Gasteiger partial charge in [-0.3, -0.25) is 0 Å². The zero-order chi connectivity index (χ0) is 25.7. The highest BCUT2D eigenvalue weighted by Crippen LogP contribution is 2.26. The minimum Gasteiger partial charge on any atom is -0.497 e. The van der Waals surface area contributed by atoms with E-state index in [0.717, 1.165) is 30.9 Å². The molecule has 186 valence electrons. The number of ether oxygens (including phenoxy) is 2. The van der Waals surface area contributed by atoms with Crippen molar-refractivity contribution < 1.29 is 38.5 Å². The van der Waals surface area contributed by atoms with Crippen molar-refractivity contribution in [1.29, 1.82) is 0 Å². The van der Waals surface area contributed by atoms with Gasteiger partial charge in [-0.1, -0.05) is 39.8 Å². The van der Waals surface area contributed by atoms with Crippen LogP contribution in [-0.2, 0) is 14.3 Å². The number of hydrogen-bond acceptors (Lipinski definition) is 7. The van der Waals surface area contributed by atoms with Crippen LogP contribution in [-0.4, -0.2) is 66.4 Å². The van der Waals surface area contributed by atoms with Gasteiger partial charge in [0.05, 0.1) is 13.7 Å². The Labute approximate surface area is 199 Å². The van der Waals surface area contributed by atoms with Crippen molar-refractivity contribution in [2.24, 2.45) is 5.41 Å². The van der Waals surface area contributed by atoms with Crippen LogP contribution in [0.25, 0.3) is 11.3 Å². The third-order valence-corrected chi connectivity index (χ3v) is 4.67. The molecule has 9 nitrogen and oxygen atoms in total. The molecule has 0 bridgehead atoms. The van der Waals surface area contributed by atoms with Gasteiger partial charge in [0.2, 0.25) is 5.76 Å². The molecular formula is C25H33NO8. The first kappa shape index (κ1) is 28.4. The Hall–Kier alpha value is -3.59. The van der Waals surface area contributed by atoms with Crippen LogP contribution in [0.2, 0.25) is 0 Å². The Morgan fingerprint density at radius 1 is 1.03 bits per heavy atom. The van der Waals surface area contributed by atoms with Crippen LogP contribution >= 0.6 is 0 Å². The Morgan fingerprint density at radius 2 is 1.65 bits per heavy atom. The Balaban J connectivity index is 0.000000620. The summed E-state index contributed by atoms with van der Waals surface area (Å²) in [4.78, 5) is 33.8. The minimum absolute atomic E-state index is 0.121. The van der Waals surface area contributed by atoms with Crippen LogP contribution in [0.15, 0.2) is 53.0 Å². The SMILES string of the molecule is CCN(CC)CC(C)(C)COC(=O)c1ccc(-c2cccc(OC)c2)o1.O=C(O)/C=C/C(=O)O. The predicted molar refractivity (Wildman–Crippen MR) is 127 cm³/mol. The summed E-state index contributed by atoms with van der Waals surface area (Å²) in [5.74, 6) is -1.40. The monoisotopic (exact) mass is 475 g/mol. The highest BCUT2D eigenvalue weighted by atomic mass is 16.5. The molecule has 9 heteroatoms. The molecule has 0 aliphatic rings. The molecule has 1 aromatic carbocycles. The molecule has 2 N–H and O–H groups in total. The van der Waals surface area contributed by atoms with E-state index in [1.54, 1.807) is 19.2 Å². The summed E-state index contributed by atoms with van der Waals surface area (Å²) in [7, 11) is 1.62. The van der Waals surface area contributed by atoms with Crippen molar-refractivity contribution in [2.45, 2.75) is 27.7 Å². The van der Waals surface area contributed by atoms with E-state index in [-0.39, 0.29) is 11.2 Å². The highest BCUT2D eigenvalue weighted by molar-refractivity contribution is 5.89. The molecule has 0 saturated heterocycles. The van der Waals surface area contributed by atoms with Gasteiger partial charge in [-0.15, -0.1) is 0 Å². The van der Waals surface area contributed by atoms with E-state index in [4.69, 9.17) is 24.1 Å². The lowest BCUT2D eigenvalue weighted by molar-refractivity contribution is -0.134. The second kappa shape index (κ2) is 13.8. The summed E-state index contributed by atoms with van der Waals surface area (Å²) in [5.41, 5.74) is 0.731. The van der Waals surface area contributed by atoms with Gasteiger partial charge in [-0.2, -0.15) is 0 Å². The molecular weight excluding hydrogens is 442 g/mol. The molecule has 0 saturated carbocycles. The second-order valence-electron chi connectivity index (χ2n) is 8.11. The minimum atomic E-state index is -1.26. The Kier molecular flexibility index (Phi) is 11.6. The summed E-state index contributed by atoms with van der Waals surface area (Å²) in [6, 6.07) is 10.9. The summed E-state index contributed by atoms with van der Waals surface area (Å²) in [5, 5.41) is 15.6. The van der Waals surface area contributed by atoms with Gasteiger partial charge in [-0.05, 0) is 37.4 Å². The fourth-order valence-electron chi connectivity index (χ4n) is 2.95. The van der Waals surface area contributed by atoms with E-state index in [2.05, 4.69) is 32.6 Å². The number of aliphatic carboxylic acids is 2. The topological polar surface area (TPSA) is 127 Å². The molecule has 1 aromatic heterocycles. The summed E-state index contributed by atoms with van der Waals surface area (Å²) < 4.78 is 16.4. The zero-order valence-corrected chi connectivity index (χ0v) is 20.2. The first-order chi connectivity index (χ1) is 16.0. The van der Waals surface area contributed by atoms with Crippen molar-refractivity contribution >= 4 is 17.9 Å². The molecule has 34 heavy (non-hydrogen) atoms. The van der Waals surface area contributed by atoms with Gasteiger partial charge in [0.15, 0.2) is 0 Å². The molecule has 0 aliphatic heterocycles. The van der Waals surface area contributed by atoms with Gasteiger partial charge in [0.25, 0.3) is 0 Å². The predicted octanol–water partition coefficient (Wildman–Crippen LogP) is 4.19. The van der Waals surface area contributed by atoms with E-state index in [1.807, 2.05) is 24.3 Å². The van der Waals surface area contributed by atoms with Gasteiger partial charge >= 0.3 is 17.9 Å². The van der Waals surface area contributed by atoms with E-state index in [9.17, 15) is 14.4 Å². The maximum atomic E-state index is 12.3. The lowest BCUT2D eigenvalue weighted by atomic mass is 9.94. The van der Waals surface area contributed by atoms with Gasteiger partial charge < -0.3 is 29.0 Å². The first-order valence-corrected chi connectivity index (χ1v) is 10.8. The standard InChI is InChI=1S/C21H29NO4.C4H4O4/c1-6-22(7-2)14-21(3,4)15-25-20(23)19-12-11-18(26-19)16-9-8-10-17(13-16)24-5;5-3(6)1-2-4(7)8/h8-13H,6-7,14-15H2,1-5H3;1-2H,(H,5,6)(H,7,8)/b;2-1+. The third kappa shape index (κ3) is 10.4. The first-order valence-electron chi connectivity index (χ1n) is 10.8. The van der Waals surface area contributed by atoms with Gasteiger partial charge in [0.1, 0.15) is 11.5 Å². The summed E-state index contributed by atoms with van der Waals surface area (Å²) in [6.45, 7) is 11.7. The van der Waals surface area contributed by atoms with Crippen LogP contribution in [0.3, 0.4) is 0 Å². The number of benzene rings is 1. The number of esters is 1.